The second-order valence-electron chi connectivity index (χ2n) is 9.48. The van der Waals surface area contributed by atoms with E-state index in [0.717, 1.165) is 65.1 Å². The van der Waals surface area contributed by atoms with Crippen LogP contribution in [0.3, 0.4) is 0 Å². The lowest BCUT2D eigenvalue weighted by Crippen LogP contribution is -2.43. The van der Waals surface area contributed by atoms with E-state index >= 15 is 0 Å². The van der Waals surface area contributed by atoms with Gasteiger partial charge in [-0.15, -0.1) is 0 Å². The van der Waals surface area contributed by atoms with Crippen LogP contribution in [0.15, 0.2) is 67.3 Å². The van der Waals surface area contributed by atoms with Gasteiger partial charge >= 0.3 is 6.09 Å². The molecule has 38 heavy (non-hydrogen) atoms. The molecule has 2 aromatic carbocycles. The van der Waals surface area contributed by atoms with Crippen LogP contribution in [0.25, 0.3) is 33.6 Å². The maximum absolute atomic E-state index is 13.1. The number of benzene rings is 2. The number of aromatic nitrogens is 4. The molecule has 0 aliphatic carbocycles. The quantitative estimate of drug-likeness (QED) is 0.295. The number of hydrogen-bond donors (Lipinski definition) is 3. The van der Waals surface area contributed by atoms with Crippen molar-refractivity contribution in [3.05, 3.63) is 73.1 Å². The number of aromatic amines is 2. The summed E-state index contributed by atoms with van der Waals surface area (Å²) in [6, 6.07) is 16.7. The van der Waals surface area contributed by atoms with Crippen LogP contribution in [0.5, 0.6) is 0 Å². The summed E-state index contributed by atoms with van der Waals surface area (Å²) in [6.45, 7) is 2.02. The lowest BCUT2D eigenvalue weighted by molar-refractivity contribution is -0.133. The molecule has 9 nitrogen and oxygen atoms in total. The molecule has 2 aromatic heterocycles. The molecular weight excluding hydrogens is 480 g/mol. The second-order valence-corrected chi connectivity index (χ2v) is 9.48. The number of carbonyl (C=O) groups excluding carboxylic acids is 2. The third kappa shape index (κ3) is 5.32. The fourth-order valence-electron chi connectivity index (χ4n) is 5.21. The zero-order valence-electron chi connectivity index (χ0n) is 21.6. The van der Waals surface area contributed by atoms with Gasteiger partial charge in [-0.1, -0.05) is 61.9 Å². The molecule has 3 heterocycles. The van der Waals surface area contributed by atoms with Gasteiger partial charge in [0.1, 0.15) is 12.4 Å². The SMILES string of the molecule is CCCC1CC[C@@H](c2ncc(-c3ccc(-c4ccc(-c5cnc[nH]5)cc4)cc3)[nH]2)N1C(=O)CNC(=O)OC. The fraction of sp³-hybridized carbons (Fsp3) is 0.310. The number of rotatable bonds is 8. The first-order valence-electron chi connectivity index (χ1n) is 12.9. The number of likely N-dealkylation sites (tertiary alicyclic amines) is 1. The van der Waals surface area contributed by atoms with Crippen LogP contribution in [0.1, 0.15) is 44.5 Å². The third-order valence-corrected chi connectivity index (χ3v) is 7.12. The van der Waals surface area contributed by atoms with Crippen LogP contribution >= 0.6 is 0 Å². The van der Waals surface area contributed by atoms with Crippen LogP contribution in [0.2, 0.25) is 0 Å². The van der Waals surface area contributed by atoms with Crippen LogP contribution in [0.4, 0.5) is 4.79 Å². The molecule has 0 bridgehead atoms. The molecular formula is C29H32N6O3. The molecule has 1 aliphatic rings. The minimum absolute atomic E-state index is 0.0959. The van der Waals surface area contributed by atoms with Gasteiger partial charge in [-0.25, -0.2) is 14.8 Å². The zero-order valence-corrected chi connectivity index (χ0v) is 21.6. The van der Waals surface area contributed by atoms with Crippen LogP contribution in [-0.2, 0) is 9.53 Å². The highest BCUT2D eigenvalue weighted by Gasteiger charge is 2.38. The zero-order chi connectivity index (χ0) is 26.5. The summed E-state index contributed by atoms with van der Waals surface area (Å²) in [6.07, 6.45) is 8.33. The van der Waals surface area contributed by atoms with Crippen molar-refractivity contribution in [2.45, 2.75) is 44.7 Å². The lowest BCUT2D eigenvalue weighted by Gasteiger charge is -2.29. The molecule has 5 rings (SSSR count). The summed E-state index contributed by atoms with van der Waals surface area (Å²) < 4.78 is 4.62. The van der Waals surface area contributed by atoms with E-state index in [1.807, 2.05) is 17.3 Å². The Balaban J connectivity index is 1.30. The van der Waals surface area contributed by atoms with Gasteiger partial charge < -0.3 is 24.9 Å². The van der Waals surface area contributed by atoms with E-state index in [9.17, 15) is 9.59 Å². The fourth-order valence-corrected chi connectivity index (χ4v) is 5.21. The lowest BCUT2D eigenvalue weighted by atomic mass is 10.0. The number of hydrogen-bond acceptors (Lipinski definition) is 5. The van der Waals surface area contributed by atoms with Crippen molar-refractivity contribution >= 4 is 12.0 Å². The highest BCUT2D eigenvalue weighted by molar-refractivity contribution is 5.83. The first-order valence-corrected chi connectivity index (χ1v) is 12.9. The Hall–Kier alpha value is -4.40. The van der Waals surface area contributed by atoms with Crippen molar-refractivity contribution in [2.75, 3.05) is 13.7 Å². The molecule has 3 N–H and O–H groups in total. The number of amides is 2. The first-order chi connectivity index (χ1) is 18.6. The summed E-state index contributed by atoms with van der Waals surface area (Å²) in [5.74, 6) is 0.640. The molecule has 0 saturated carbocycles. The smallest absolute Gasteiger partial charge is 0.407 e. The predicted molar refractivity (Wildman–Crippen MR) is 145 cm³/mol. The molecule has 1 aliphatic heterocycles. The van der Waals surface area contributed by atoms with Gasteiger partial charge in [-0.2, -0.15) is 0 Å². The Bertz CT molecular complexity index is 1360. The summed E-state index contributed by atoms with van der Waals surface area (Å²) in [7, 11) is 1.29. The molecule has 0 radical (unpaired) electrons. The molecule has 4 aromatic rings. The third-order valence-electron chi connectivity index (χ3n) is 7.12. The maximum atomic E-state index is 13.1. The molecule has 9 heteroatoms. The van der Waals surface area contributed by atoms with E-state index in [1.165, 1.54) is 7.11 Å². The van der Waals surface area contributed by atoms with Gasteiger partial charge in [0, 0.05) is 6.04 Å². The molecule has 1 saturated heterocycles. The van der Waals surface area contributed by atoms with E-state index < -0.39 is 6.09 Å². The maximum Gasteiger partial charge on any atom is 0.407 e. The average Bonchev–Trinajstić information content (AvgIpc) is 3.73. The Kier molecular flexibility index (Phi) is 7.53. The summed E-state index contributed by atoms with van der Waals surface area (Å²) in [4.78, 5) is 41.8. The van der Waals surface area contributed by atoms with Gasteiger partial charge in [0.05, 0.1) is 43.3 Å². The normalized spacial score (nSPS) is 16.9. The van der Waals surface area contributed by atoms with Crippen LogP contribution < -0.4 is 5.32 Å². The summed E-state index contributed by atoms with van der Waals surface area (Å²) in [5.41, 5.74) is 6.26. The molecule has 1 fully saturated rings. The van der Waals surface area contributed by atoms with Gasteiger partial charge in [-0.3, -0.25) is 4.79 Å². The number of nitrogens with one attached hydrogen (secondary N) is 3. The van der Waals surface area contributed by atoms with Gasteiger partial charge in [0.25, 0.3) is 0 Å². The summed E-state index contributed by atoms with van der Waals surface area (Å²) >= 11 is 0. The average molecular weight is 513 g/mol. The largest absolute Gasteiger partial charge is 0.453 e. The van der Waals surface area contributed by atoms with Crippen molar-refractivity contribution in [1.29, 1.82) is 0 Å². The minimum Gasteiger partial charge on any atom is -0.453 e. The van der Waals surface area contributed by atoms with Crippen LogP contribution in [0, 0.1) is 0 Å². The monoisotopic (exact) mass is 512 g/mol. The first kappa shape index (κ1) is 25.3. The topological polar surface area (TPSA) is 116 Å². The molecule has 196 valence electrons. The molecule has 0 spiro atoms. The van der Waals surface area contributed by atoms with Crippen molar-refractivity contribution in [1.82, 2.24) is 30.2 Å². The molecule has 2 amide bonds. The number of H-pyrrole nitrogens is 2. The van der Waals surface area contributed by atoms with Crippen molar-refractivity contribution in [3.8, 4) is 33.6 Å². The number of ether oxygens (including phenoxy) is 1. The van der Waals surface area contributed by atoms with Gasteiger partial charge in [-0.05, 0) is 41.5 Å². The standard InChI is InChI=1S/C29H32N6O3/c1-3-4-23-13-14-26(35(23)27(36)17-32-29(37)38-2)28-31-16-25(34-28)22-11-7-20(8-12-22)19-5-9-21(10-6-19)24-15-30-18-33-24/h5-12,15-16,18,23,26H,3-4,13-14,17H2,1-2H3,(H,30,33)(H,31,34)(H,32,37)/t23?,26-/m0/s1. The Labute approximate surface area is 221 Å². The number of imidazole rings is 2. The van der Waals surface area contributed by atoms with E-state index in [4.69, 9.17) is 0 Å². The summed E-state index contributed by atoms with van der Waals surface area (Å²) in [5, 5.41) is 2.52. The van der Waals surface area contributed by atoms with Crippen molar-refractivity contribution < 1.29 is 14.3 Å². The van der Waals surface area contributed by atoms with Gasteiger partial charge in [0.2, 0.25) is 5.91 Å². The Morgan fingerprint density at radius 2 is 1.63 bits per heavy atom. The number of carbonyl (C=O) groups is 2. The van der Waals surface area contributed by atoms with E-state index in [1.54, 1.807) is 6.33 Å². The Morgan fingerprint density at radius 3 is 2.24 bits per heavy atom. The second kappa shape index (κ2) is 11.3. The van der Waals surface area contributed by atoms with Crippen LogP contribution in [-0.4, -0.2) is 56.5 Å². The highest BCUT2D eigenvalue weighted by Crippen LogP contribution is 2.37. The van der Waals surface area contributed by atoms with E-state index in [0.29, 0.717) is 0 Å². The molecule has 1 unspecified atom stereocenters. The minimum atomic E-state index is -0.612. The van der Waals surface area contributed by atoms with E-state index in [2.05, 4.69) is 85.4 Å². The number of nitrogens with zero attached hydrogens (tertiary/aromatic N) is 3. The Morgan fingerprint density at radius 1 is 0.974 bits per heavy atom. The van der Waals surface area contributed by atoms with E-state index in [-0.39, 0.29) is 24.5 Å². The predicted octanol–water partition coefficient (Wildman–Crippen LogP) is 5.32. The number of alkyl carbamates (subject to hydrolysis) is 1. The molecule has 2 atom stereocenters. The number of methoxy groups -OCH3 is 1. The highest BCUT2D eigenvalue weighted by atomic mass is 16.5. The van der Waals surface area contributed by atoms with Gasteiger partial charge in [0.15, 0.2) is 0 Å². The van der Waals surface area contributed by atoms with Crippen molar-refractivity contribution in [3.63, 3.8) is 0 Å². The van der Waals surface area contributed by atoms with Crippen molar-refractivity contribution in [2.24, 2.45) is 0 Å².